The van der Waals surface area contributed by atoms with Crippen LogP contribution in [-0.4, -0.2) is 49.3 Å². The number of ether oxygens (including phenoxy) is 2. The first-order valence-corrected chi connectivity index (χ1v) is 23.3. The summed E-state index contributed by atoms with van der Waals surface area (Å²) in [4.78, 5) is 34.8. The fourth-order valence-electron chi connectivity index (χ4n) is 5.62. The van der Waals surface area contributed by atoms with Crippen molar-refractivity contribution < 1.29 is 37.6 Å². The molecule has 55 heavy (non-hydrogen) atoms. The Morgan fingerprint density at radius 3 is 1.49 bits per heavy atom. The van der Waals surface area contributed by atoms with Gasteiger partial charge in [-0.15, -0.1) is 0 Å². The van der Waals surface area contributed by atoms with Crippen molar-refractivity contribution >= 4 is 19.8 Å². The molecular weight excluding hydrogens is 713 g/mol. The zero-order valence-corrected chi connectivity index (χ0v) is 35.8. The Balaban J connectivity index is 4.26. The highest BCUT2D eigenvalue weighted by Gasteiger charge is 2.25. The molecule has 0 aromatic heterocycles. The van der Waals surface area contributed by atoms with Gasteiger partial charge in [0.25, 0.3) is 0 Å². The van der Waals surface area contributed by atoms with Crippen LogP contribution in [0.5, 0.6) is 0 Å². The van der Waals surface area contributed by atoms with Crippen LogP contribution in [0.1, 0.15) is 181 Å². The Kier molecular flexibility index (Phi) is 39.6. The van der Waals surface area contributed by atoms with Gasteiger partial charge in [0.1, 0.15) is 6.61 Å². The van der Waals surface area contributed by atoms with Gasteiger partial charge in [0.2, 0.25) is 0 Å². The molecule has 9 nitrogen and oxygen atoms in total. The molecule has 0 fully saturated rings. The molecule has 0 amide bonds. The molecule has 0 aromatic carbocycles. The minimum absolute atomic E-state index is 0.0422. The van der Waals surface area contributed by atoms with Crippen molar-refractivity contribution in [2.45, 2.75) is 187 Å². The molecule has 10 heteroatoms. The number of phosphoric ester groups is 1. The van der Waals surface area contributed by atoms with E-state index in [2.05, 4.69) is 68.5 Å². The molecule has 0 radical (unpaired) electrons. The highest BCUT2D eigenvalue weighted by molar-refractivity contribution is 7.47. The van der Waals surface area contributed by atoms with E-state index in [0.717, 1.165) is 51.4 Å². The number of allylic oxidation sites excluding steroid dienone is 10. The summed E-state index contributed by atoms with van der Waals surface area (Å²) in [6.07, 6.45) is 48.3. The van der Waals surface area contributed by atoms with Crippen molar-refractivity contribution in [2.75, 3.05) is 26.4 Å². The van der Waals surface area contributed by atoms with Crippen LogP contribution < -0.4 is 5.73 Å². The van der Waals surface area contributed by atoms with Gasteiger partial charge in [0.05, 0.1) is 13.2 Å². The van der Waals surface area contributed by atoms with E-state index in [-0.39, 0.29) is 32.6 Å². The van der Waals surface area contributed by atoms with Gasteiger partial charge in [-0.2, -0.15) is 0 Å². The Hall–Kier alpha value is -2.29. The number of hydrogen-bond acceptors (Lipinski definition) is 8. The SMILES string of the molecule is CCCCCC=CCC=CCCCCCCCCCC(=O)OCC(COP(=O)(O)OCCN)OC(=O)CCCC=CCC=CCC=CCCCCCCCC. The molecule has 2 unspecified atom stereocenters. The van der Waals surface area contributed by atoms with Gasteiger partial charge in [-0.1, -0.05) is 152 Å². The van der Waals surface area contributed by atoms with Gasteiger partial charge in [-0.05, 0) is 77.0 Å². The van der Waals surface area contributed by atoms with E-state index in [9.17, 15) is 19.0 Å². The van der Waals surface area contributed by atoms with E-state index in [4.69, 9.17) is 24.3 Å². The number of phosphoric acid groups is 1. The zero-order valence-electron chi connectivity index (χ0n) is 34.9. The number of carbonyl (C=O) groups is 2. The Labute approximate surface area is 336 Å². The van der Waals surface area contributed by atoms with Crippen LogP contribution in [0.2, 0.25) is 0 Å². The van der Waals surface area contributed by atoms with Crippen molar-refractivity contribution in [3.05, 3.63) is 60.8 Å². The molecule has 3 N–H and O–H groups in total. The van der Waals surface area contributed by atoms with Crippen LogP contribution in [0.15, 0.2) is 60.8 Å². The smallest absolute Gasteiger partial charge is 0.462 e. The van der Waals surface area contributed by atoms with Crippen LogP contribution in [0.4, 0.5) is 0 Å². The van der Waals surface area contributed by atoms with Gasteiger partial charge in [0.15, 0.2) is 6.10 Å². The Bertz CT molecular complexity index is 1090. The van der Waals surface area contributed by atoms with Crippen molar-refractivity contribution in [3.63, 3.8) is 0 Å². The van der Waals surface area contributed by atoms with Gasteiger partial charge in [0, 0.05) is 19.4 Å². The summed E-state index contributed by atoms with van der Waals surface area (Å²) in [6, 6.07) is 0. The fraction of sp³-hybridized carbons (Fsp3) is 0.733. The highest BCUT2D eigenvalue weighted by Crippen LogP contribution is 2.43. The number of esters is 2. The maximum Gasteiger partial charge on any atom is 0.472 e. The summed E-state index contributed by atoms with van der Waals surface area (Å²) in [7, 11) is -4.39. The molecule has 0 saturated heterocycles. The summed E-state index contributed by atoms with van der Waals surface area (Å²) < 4.78 is 32.7. The largest absolute Gasteiger partial charge is 0.472 e. The summed E-state index contributed by atoms with van der Waals surface area (Å²) in [6.45, 7) is 3.63. The molecule has 318 valence electrons. The molecule has 2 atom stereocenters. The first-order valence-electron chi connectivity index (χ1n) is 21.8. The lowest BCUT2D eigenvalue weighted by molar-refractivity contribution is -0.161. The van der Waals surface area contributed by atoms with Crippen LogP contribution >= 0.6 is 7.82 Å². The minimum atomic E-state index is -4.39. The summed E-state index contributed by atoms with van der Waals surface area (Å²) in [5.74, 6) is -0.902. The second-order valence-electron chi connectivity index (χ2n) is 14.2. The van der Waals surface area contributed by atoms with E-state index in [1.54, 1.807) is 0 Å². The van der Waals surface area contributed by atoms with Gasteiger partial charge in [-0.25, -0.2) is 4.57 Å². The lowest BCUT2D eigenvalue weighted by Crippen LogP contribution is -2.29. The number of hydrogen-bond donors (Lipinski definition) is 2. The molecule has 0 saturated carbocycles. The van der Waals surface area contributed by atoms with Gasteiger partial charge < -0.3 is 20.1 Å². The molecule has 0 aromatic rings. The molecule has 0 aliphatic carbocycles. The second kappa shape index (κ2) is 41.3. The molecule has 0 aliphatic heterocycles. The predicted molar refractivity (Wildman–Crippen MR) is 229 cm³/mol. The summed E-state index contributed by atoms with van der Waals surface area (Å²) in [5.41, 5.74) is 5.34. The normalized spacial score (nSPS) is 13.9. The van der Waals surface area contributed by atoms with Crippen molar-refractivity contribution in [1.82, 2.24) is 0 Å². The Morgan fingerprint density at radius 2 is 0.964 bits per heavy atom. The first-order chi connectivity index (χ1) is 26.8. The van der Waals surface area contributed by atoms with E-state index < -0.39 is 32.5 Å². The standard InChI is InChI=1S/C45H80NO8P/c1-3-5-7-9-11-13-15-17-19-21-23-25-27-29-31-33-35-37-44(47)51-41-43(42-53-55(49,50)52-40-39-46)54-45(48)38-36-34-32-30-28-26-24-22-20-18-16-14-12-10-8-6-4-2/h11,13,17-20,24,26,30,32,43H,3-10,12,14-16,21-23,25,27-29,31,33-42,46H2,1-2H3,(H,49,50). The van der Waals surface area contributed by atoms with Gasteiger partial charge in [-0.3, -0.25) is 18.6 Å². The third-order valence-corrected chi connectivity index (χ3v) is 9.86. The molecule has 0 rings (SSSR count). The van der Waals surface area contributed by atoms with Crippen LogP contribution in [0.25, 0.3) is 0 Å². The summed E-state index contributed by atoms with van der Waals surface area (Å²) >= 11 is 0. The van der Waals surface area contributed by atoms with Crippen molar-refractivity contribution in [1.29, 1.82) is 0 Å². The third-order valence-electron chi connectivity index (χ3n) is 8.88. The van der Waals surface area contributed by atoms with Crippen LogP contribution in [-0.2, 0) is 32.7 Å². The number of carbonyl (C=O) groups excluding carboxylic acids is 2. The number of nitrogens with two attached hydrogens (primary N) is 1. The topological polar surface area (TPSA) is 134 Å². The van der Waals surface area contributed by atoms with E-state index in [1.807, 2.05) is 6.08 Å². The number of rotatable bonds is 40. The van der Waals surface area contributed by atoms with Gasteiger partial charge >= 0.3 is 19.8 Å². The van der Waals surface area contributed by atoms with E-state index >= 15 is 0 Å². The third kappa shape index (κ3) is 41.2. The molecular formula is C45H80NO8P. The maximum absolute atomic E-state index is 12.6. The zero-order chi connectivity index (χ0) is 40.3. The van der Waals surface area contributed by atoms with E-state index in [1.165, 1.54) is 83.5 Å². The Morgan fingerprint density at radius 1 is 0.545 bits per heavy atom. The average molecular weight is 794 g/mol. The van der Waals surface area contributed by atoms with E-state index in [0.29, 0.717) is 19.3 Å². The lowest BCUT2D eigenvalue weighted by atomic mass is 10.1. The van der Waals surface area contributed by atoms with Crippen LogP contribution in [0, 0.1) is 0 Å². The maximum atomic E-state index is 12.6. The van der Waals surface area contributed by atoms with Crippen molar-refractivity contribution in [2.24, 2.45) is 5.73 Å². The lowest BCUT2D eigenvalue weighted by Gasteiger charge is -2.19. The summed E-state index contributed by atoms with van der Waals surface area (Å²) in [5, 5.41) is 0. The number of unbranched alkanes of at least 4 members (excludes halogenated alkanes) is 17. The molecule has 0 bridgehead atoms. The monoisotopic (exact) mass is 794 g/mol. The first kappa shape index (κ1) is 52.7. The predicted octanol–water partition coefficient (Wildman–Crippen LogP) is 12.5. The highest BCUT2D eigenvalue weighted by atomic mass is 31.2. The second-order valence-corrected chi connectivity index (χ2v) is 15.7. The van der Waals surface area contributed by atoms with Crippen LogP contribution in [0.3, 0.4) is 0 Å². The minimum Gasteiger partial charge on any atom is -0.462 e. The fourth-order valence-corrected chi connectivity index (χ4v) is 6.39. The molecule has 0 heterocycles. The molecule has 0 spiro atoms. The quantitative estimate of drug-likeness (QED) is 0.0269. The van der Waals surface area contributed by atoms with Crippen molar-refractivity contribution in [3.8, 4) is 0 Å². The molecule has 0 aliphatic rings. The average Bonchev–Trinajstić information content (AvgIpc) is 3.17.